The normalized spacial score (nSPS) is 12.2. The van der Waals surface area contributed by atoms with E-state index in [1.807, 2.05) is 0 Å². The van der Waals surface area contributed by atoms with Crippen molar-refractivity contribution in [1.29, 1.82) is 5.26 Å². The summed E-state index contributed by atoms with van der Waals surface area (Å²) in [7, 11) is 0. The molecule has 2 N–H and O–H groups in total. The molecule has 1 aromatic rings. The maximum atomic E-state index is 12.7. The lowest BCUT2D eigenvalue weighted by Crippen LogP contribution is -2.10. The van der Waals surface area contributed by atoms with Crippen LogP contribution in [0.4, 0.5) is 13.2 Å². The summed E-state index contributed by atoms with van der Waals surface area (Å²) in [6.07, 6.45) is -0.0789. The van der Waals surface area contributed by atoms with Crippen molar-refractivity contribution < 1.29 is 13.2 Å². The van der Waals surface area contributed by atoms with Gasteiger partial charge >= 0.3 is 0 Å². The zero-order valence-electron chi connectivity index (χ0n) is 7.10. The highest BCUT2D eigenvalue weighted by atomic mass is 19.2. The zero-order chi connectivity index (χ0) is 10.7. The Morgan fingerprint density at radius 1 is 1.29 bits per heavy atom. The summed E-state index contributed by atoms with van der Waals surface area (Å²) in [5.74, 6) is -4.13. The fourth-order valence-corrected chi connectivity index (χ4v) is 1.01. The van der Waals surface area contributed by atoms with Gasteiger partial charge in [-0.2, -0.15) is 5.26 Å². The number of hydrogen-bond donors (Lipinski definition) is 1. The van der Waals surface area contributed by atoms with E-state index in [1.165, 1.54) is 0 Å². The molecule has 0 aliphatic rings. The molecular weight excluding hydrogens is 193 g/mol. The van der Waals surface area contributed by atoms with Crippen LogP contribution in [0.5, 0.6) is 0 Å². The van der Waals surface area contributed by atoms with E-state index in [2.05, 4.69) is 0 Å². The van der Waals surface area contributed by atoms with Gasteiger partial charge in [-0.15, -0.1) is 0 Å². The summed E-state index contributed by atoms with van der Waals surface area (Å²) < 4.78 is 37.9. The average molecular weight is 200 g/mol. The van der Waals surface area contributed by atoms with Crippen molar-refractivity contribution in [2.45, 2.75) is 12.5 Å². The van der Waals surface area contributed by atoms with E-state index in [0.29, 0.717) is 0 Å². The van der Waals surface area contributed by atoms with E-state index in [9.17, 15) is 13.2 Å². The molecular formula is C9H7F3N2. The third-order valence-corrected chi connectivity index (χ3v) is 1.75. The molecule has 0 saturated carbocycles. The van der Waals surface area contributed by atoms with Gasteiger partial charge in [-0.05, 0) is 17.7 Å². The van der Waals surface area contributed by atoms with Crippen molar-refractivity contribution in [2.75, 3.05) is 0 Å². The van der Waals surface area contributed by atoms with Crippen LogP contribution in [0.2, 0.25) is 0 Å². The Bertz CT molecular complexity index is 361. The lowest BCUT2D eigenvalue weighted by atomic mass is 10.1. The molecule has 1 rings (SSSR count). The van der Waals surface area contributed by atoms with Gasteiger partial charge in [0.1, 0.15) is 0 Å². The number of nitrogens with zero attached hydrogens (tertiary/aromatic N) is 1. The third-order valence-electron chi connectivity index (χ3n) is 1.75. The summed E-state index contributed by atoms with van der Waals surface area (Å²) in [4.78, 5) is 0. The number of rotatable bonds is 2. The van der Waals surface area contributed by atoms with Gasteiger partial charge in [0.05, 0.1) is 12.5 Å². The Kier molecular flexibility index (Phi) is 3.10. The standard InChI is InChI=1S/C9H7F3N2/c10-6-3-5(8(14)1-2-13)4-7(11)9(6)12/h3-4,8H,1,14H2. The zero-order valence-corrected chi connectivity index (χ0v) is 7.10. The van der Waals surface area contributed by atoms with Crippen LogP contribution in [0.15, 0.2) is 12.1 Å². The Hall–Kier alpha value is -1.54. The molecule has 2 nitrogen and oxygen atoms in total. The molecule has 74 valence electrons. The monoisotopic (exact) mass is 200 g/mol. The predicted molar refractivity (Wildman–Crippen MR) is 43.5 cm³/mol. The van der Waals surface area contributed by atoms with Crippen LogP contribution < -0.4 is 5.73 Å². The Balaban J connectivity index is 3.07. The molecule has 0 bridgehead atoms. The highest BCUT2D eigenvalue weighted by Gasteiger charge is 2.14. The lowest BCUT2D eigenvalue weighted by molar-refractivity contribution is 0.443. The number of halogens is 3. The molecule has 5 heteroatoms. The summed E-state index contributed by atoms with van der Waals surface area (Å²) in [5.41, 5.74) is 5.49. The molecule has 0 aliphatic carbocycles. The van der Waals surface area contributed by atoms with Crippen LogP contribution in [0.25, 0.3) is 0 Å². The SMILES string of the molecule is N#CCC(N)c1cc(F)c(F)c(F)c1. The van der Waals surface area contributed by atoms with Crippen molar-refractivity contribution in [2.24, 2.45) is 5.73 Å². The van der Waals surface area contributed by atoms with Gasteiger partial charge in [0, 0.05) is 6.04 Å². The second kappa shape index (κ2) is 4.11. The van der Waals surface area contributed by atoms with Gasteiger partial charge in [-0.3, -0.25) is 0 Å². The second-order valence-electron chi connectivity index (χ2n) is 2.77. The molecule has 0 radical (unpaired) electrons. The van der Waals surface area contributed by atoms with Gasteiger partial charge in [0.2, 0.25) is 0 Å². The highest BCUT2D eigenvalue weighted by molar-refractivity contribution is 5.23. The second-order valence-corrected chi connectivity index (χ2v) is 2.77. The van der Waals surface area contributed by atoms with Crippen molar-refractivity contribution in [3.8, 4) is 6.07 Å². The quantitative estimate of drug-likeness (QED) is 0.742. The lowest BCUT2D eigenvalue weighted by Gasteiger charge is -2.08. The first-order valence-corrected chi connectivity index (χ1v) is 3.83. The molecule has 0 amide bonds. The molecule has 1 atom stereocenters. The summed E-state index contributed by atoms with van der Waals surface area (Å²) >= 11 is 0. The summed E-state index contributed by atoms with van der Waals surface area (Å²) in [6.45, 7) is 0. The van der Waals surface area contributed by atoms with E-state index in [0.717, 1.165) is 12.1 Å². The van der Waals surface area contributed by atoms with E-state index in [1.54, 1.807) is 6.07 Å². The highest BCUT2D eigenvalue weighted by Crippen LogP contribution is 2.19. The molecule has 0 fully saturated rings. The minimum absolute atomic E-state index is 0.0722. The van der Waals surface area contributed by atoms with Gasteiger partial charge in [0.15, 0.2) is 17.5 Å². The van der Waals surface area contributed by atoms with E-state index >= 15 is 0 Å². The van der Waals surface area contributed by atoms with Crippen LogP contribution in [0.1, 0.15) is 18.0 Å². The minimum Gasteiger partial charge on any atom is -0.323 e. The van der Waals surface area contributed by atoms with E-state index in [4.69, 9.17) is 11.0 Å². The first-order chi connectivity index (χ1) is 6.56. The van der Waals surface area contributed by atoms with Crippen LogP contribution in [0, 0.1) is 28.8 Å². The predicted octanol–water partition coefficient (Wildman–Crippen LogP) is 2.02. The molecule has 14 heavy (non-hydrogen) atoms. The Labute approximate surface area is 78.8 Å². The number of nitriles is 1. The number of hydrogen-bond acceptors (Lipinski definition) is 2. The molecule has 0 saturated heterocycles. The molecule has 1 aromatic carbocycles. The van der Waals surface area contributed by atoms with Gasteiger partial charge < -0.3 is 5.73 Å². The Morgan fingerprint density at radius 2 is 1.79 bits per heavy atom. The smallest absolute Gasteiger partial charge is 0.194 e. The summed E-state index contributed by atoms with van der Waals surface area (Å²) in [6, 6.07) is 2.54. The minimum atomic E-state index is -1.53. The molecule has 0 aromatic heterocycles. The fourth-order valence-electron chi connectivity index (χ4n) is 1.01. The van der Waals surface area contributed by atoms with Gasteiger partial charge in [-0.25, -0.2) is 13.2 Å². The number of nitrogens with two attached hydrogens (primary N) is 1. The van der Waals surface area contributed by atoms with Crippen molar-refractivity contribution >= 4 is 0 Å². The van der Waals surface area contributed by atoms with Crippen molar-refractivity contribution in [3.63, 3.8) is 0 Å². The average Bonchev–Trinajstić information content (AvgIpc) is 2.13. The summed E-state index contributed by atoms with van der Waals surface area (Å²) in [5, 5.41) is 8.30. The largest absolute Gasteiger partial charge is 0.323 e. The van der Waals surface area contributed by atoms with E-state index < -0.39 is 23.5 Å². The molecule has 0 aliphatic heterocycles. The third kappa shape index (κ3) is 2.03. The van der Waals surface area contributed by atoms with E-state index in [-0.39, 0.29) is 12.0 Å². The molecule has 0 spiro atoms. The van der Waals surface area contributed by atoms with Crippen LogP contribution in [-0.2, 0) is 0 Å². The van der Waals surface area contributed by atoms with Crippen molar-refractivity contribution in [3.05, 3.63) is 35.1 Å². The Morgan fingerprint density at radius 3 is 2.21 bits per heavy atom. The topological polar surface area (TPSA) is 49.8 Å². The van der Waals surface area contributed by atoms with Crippen molar-refractivity contribution in [1.82, 2.24) is 0 Å². The molecule has 0 heterocycles. The van der Waals surface area contributed by atoms with Gasteiger partial charge in [0.25, 0.3) is 0 Å². The number of benzene rings is 1. The van der Waals surface area contributed by atoms with Crippen LogP contribution in [0.3, 0.4) is 0 Å². The maximum Gasteiger partial charge on any atom is 0.194 e. The first kappa shape index (κ1) is 10.5. The molecule has 1 unspecified atom stereocenters. The fraction of sp³-hybridized carbons (Fsp3) is 0.222. The van der Waals surface area contributed by atoms with Crippen LogP contribution in [-0.4, -0.2) is 0 Å². The van der Waals surface area contributed by atoms with Crippen LogP contribution >= 0.6 is 0 Å². The van der Waals surface area contributed by atoms with Gasteiger partial charge in [-0.1, -0.05) is 0 Å². The first-order valence-electron chi connectivity index (χ1n) is 3.83. The maximum absolute atomic E-state index is 12.7.